The Kier molecular flexibility index (Phi) is 8.54. The van der Waals surface area contributed by atoms with Gasteiger partial charge >= 0.3 is 12.3 Å². The number of rotatable bonds is 8. The van der Waals surface area contributed by atoms with Gasteiger partial charge in [0.25, 0.3) is 0 Å². The molecule has 0 bridgehead atoms. The van der Waals surface area contributed by atoms with Crippen LogP contribution >= 0.6 is 0 Å². The molecule has 2 aliphatic heterocycles. The molecule has 2 aromatic rings. The smallest absolute Gasteiger partial charge is 0.416 e. The Morgan fingerprint density at radius 2 is 1.77 bits per heavy atom. The van der Waals surface area contributed by atoms with Crippen LogP contribution in [0.5, 0.6) is 11.5 Å². The fourth-order valence-corrected chi connectivity index (χ4v) is 4.65. The summed E-state index contributed by atoms with van der Waals surface area (Å²) in [4.78, 5) is 25.1. The van der Waals surface area contributed by atoms with Crippen molar-refractivity contribution in [2.75, 3.05) is 26.2 Å². The van der Waals surface area contributed by atoms with E-state index < -0.39 is 29.5 Å². The number of amides is 1. The lowest BCUT2D eigenvalue weighted by molar-refractivity contribution is -0.0887. The minimum atomic E-state index is -4.74. The number of nitrogens with zero attached hydrogens (tertiary/aromatic N) is 1. The number of aldehydes is 1. The zero-order valence-electron chi connectivity index (χ0n) is 21.5. The van der Waals surface area contributed by atoms with Gasteiger partial charge < -0.3 is 25.1 Å². The molecule has 0 aromatic heterocycles. The monoisotopic (exact) mass is 541 g/mol. The second-order valence-corrected chi connectivity index (χ2v) is 9.92. The van der Waals surface area contributed by atoms with Crippen LogP contribution in [0.4, 0.5) is 18.0 Å². The summed E-state index contributed by atoms with van der Waals surface area (Å²) in [5.41, 5.74) is 0.144. The van der Waals surface area contributed by atoms with E-state index in [1.807, 2.05) is 0 Å². The van der Waals surface area contributed by atoms with E-state index >= 15 is 0 Å². The SMILES string of the molecule is CC(/C=C(\C=C(/C=N)OC(=O)N1CCC2(CC1)CNC2)C(F)(F)F)c1cccc(Oc2cccc(C=O)c2)c1. The summed E-state index contributed by atoms with van der Waals surface area (Å²) < 4.78 is 52.8. The molecule has 4 rings (SSSR count). The molecule has 0 saturated carbocycles. The molecule has 1 atom stereocenters. The van der Waals surface area contributed by atoms with Gasteiger partial charge in [0.15, 0.2) is 5.76 Å². The van der Waals surface area contributed by atoms with Gasteiger partial charge in [-0.3, -0.25) is 4.79 Å². The van der Waals surface area contributed by atoms with Gasteiger partial charge in [-0.1, -0.05) is 37.3 Å². The zero-order valence-corrected chi connectivity index (χ0v) is 21.5. The van der Waals surface area contributed by atoms with Gasteiger partial charge in [0, 0.05) is 37.7 Å². The number of allylic oxidation sites excluding steroid dienone is 4. The summed E-state index contributed by atoms with van der Waals surface area (Å²) in [5.74, 6) is -0.368. The van der Waals surface area contributed by atoms with Gasteiger partial charge in [0.1, 0.15) is 17.8 Å². The summed E-state index contributed by atoms with van der Waals surface area (Å²) in [6, 6.07) is 13.1. The fourth-order valence-electron chi connectivity index (χ4n) is 4.65. The Morgan fingerprint density at radius 3 is 2.36 bits per heavy atom. The van der Waals surface area contributed by atoms with Crippen molar-refractivity contribution in [3.8, 4) is 11.5 Å². The topological polar surface area (TPSA) is 91.7 Å². The lowest BCUT2D eigenvalue weighted by atomic mass is 9.73. The number of halogens is 3. The van der Waals surface area contributed by atoms with Crippen molar-refractivity contribution in [2.45, 2.75) is 31.9 Å². The molecule has 7 nitrogen and oxygen atoms in total. The minimum Gasteiger partial charge on any atom is -0.457 e. The normalized spacial score (nSPS) is 18.2. The van der Waals surface area contributed by atoms with Crippen LogP contribution in [0.15, 0.2) is 72.0 Å². The molecule has 2 heterocycles. The number of piperidine rings is 1. The summed E-state index contributed by atoms with van der Waals surface area (Å²) in [6.45, 7) is 4.33. The first-order chi connectivity index (χ1) is 18.6. The summed E-state index contributed by atoms with van der Waals surface area (Å²) >= 11 is 0. The van der Waals surface area contributed by atoms with Gasteiger partial charge in [-0.15, -0.1) is 0 Å². The van der Waals surface area contributed by atoms with E-state index in [1.165, 1.54) is 4.90 Å². The molecule has 206 valence electrons. The molecule has 10 heteroatoms. The molecule has 2 aliphatic rings. The van der Waals surface area contributed by atoms with Crippen LogP contribution in [0.3, 0.4) is 0 Å². The van der Waals surface area contributed by atoms with Crippen molar-refractivity contribution in [3.63, 3.8) is 0 Å². The van der Waals surface area contributed by atoms with Gasteiger partial charge in [0.05, 0.1) is 11.8 Å². The van der Waals surface area contributed by atoms with E-state index in [0.717, 1.165) is 32.0 Å². The van der Waals surface area contributed by atoms with Gasteiger partial charge in [-0.05, 0) is 54.2 Å². The highest BCUT2D eigenvalue weighted by atomic mass is 19.4. The van der Waals surface area contributed by atoms with Crippen molar-refractivity contribution in [1.29, 1.82) is 5.41 Å². The number of likely N-dealkylation sites (tertiary alicyclic amines) is 1. The number of ether oxygens (including phenoxy) is 2. The van der Waals surface area contributed by atoms with Crippen LogP contribution in [0.2, 0.25) is 0 Å². The number of nitrogens with one attached hydrogen (secondary N) is 2. The van der Waals surface area contributed by atoms with E-state index in [2.05, 4.69) is 5.32 Å². The molecular formula is C29H30F3N3O4. The third-order valence-corrected chi connectivity index (χ3v) is 7.10. The first-order valence-corrected chi connectivity index (χ1v) is 12.6. The van der Waals surface area contributed by atoms with Gasteiger partial charge in [-0.25, -0.2) is 4.79 Å². The lowest BCUT2D eigenvalue weighted by Gasteiger charge is -2.48. The highest BCUT2D eigenvalue weighted by Crippen LogP contribution is 2.36. The number of alkyl halides is 3. The average Bonchev–Trinajstić information content (AvgIpc) is 2.91. The summed E-state index contributed by atoms with van der Waals surface area (Å²) in [6.07, 6.45) is -0.921. The Hall–Kier alpha value is -3.92. The number of carbonyl (C=O) groups excluding carboxylic acids is 2. The number of hydrogen-bond donors (Lipinski definition) is 2. The molecule has 1 amide bonds. The van der Waals surface area contributed by atoms with Crippen molar-refractivity contribution in [3.05, 3.63) is 83.1 Å². The molecule has 2 saturated heterocycles. The van der Waals surface area contributed by atoms with E-state index in [0.29, 0.717) is 54.3 Å². The molecule has 1 spiro atoms. The Bertz CT molecular complexity index is 1270. The maximum Gasteiger partial charge on any atom is 0.416 e. The van der Waals surface area contributed by atoms with Crippen LogP contribution < -0.4 is 10.1 Å². The van der Waals surface area contributed by atoms with Crippen LogP contribution in [-0.2, 0) is 4.74 Å². The van der Waals surface area contributed by atoms with Crippen LogP contribution in [-0.4, -0.2) is 55.8 Å². The van der Waals surface area contributed by atoms with Crippen molar-refractivity contribution < 1.29 is 32.2 Å². The Labute approximate surface area is 224 Å². The summed E-state index contributed by atoms with van der Waals surface area (Å²) in [7, 11) is 0. The Morgan fingerprint density at radius 1 is 1.10 bits per heavy atom. The predicted octanol–water partition coefficient (Wildman–Crippen LogP) is 6.24. The van der Waals surface area contributed by atoms with E-state index in [1.54, 1.807) is 55.5 Å². The molecule has 0 aliphatic carbocycles. The average molecular weight is 542 g/mol. The maximum atomic E-state index is 14.0. The van der Waals surface area contributed by atoms with Crippen molar-refractivity contribution >= 4 is 18.6 Å². The van der Waals surface area contributed by atoms with Crippen LogP contribution in [0.1, 0.15) is 41.6 Å². The second-order valence-electron chi connectivity index (χ2n) is 9.92. The van der Waals surface area contributed by atoms with Gasteiger partial charge in [-0.2, -0.15) is 13.2 Å². The largest absolute Gasteiger partial charge is 0.457 e. The first kappa shape index (κ1) is 28.1. The summed E-state index contributed by atoms with van der Waals surface area (Å²) in [5, 5.41) is 10.8. The van der Waals surface area contributed by atoms with E-state index in [9.17, 15) is 22.8 Å². The zero-order chi connectivity index (χ0) is 28.0. The number of benzene rings is 2. The van der Waals surface area contributed by atoms with Crippen LogP contribution in [0, 0.1) is 10.8 Å². The third-order valence-electron chi connectivity index (χ3n) is 7.10. The molecule has 39 heavy (non-hydrogen) atoms. The second kappa shape index (κ2) is 11.9. The quantitative estimate of drug-likeness (QED) is 0.179. The van der Waals surface area contributed by atoms with Crippen molar-refractivity contribution in [2.24, 2.45) is 5.41 Å². The number of hydrogen-bond acceptors (Lipinski definition) is 6. The van der Waals surface area contributed by atoms with Crippen molar-refractivity contribution in [1.82, 2.24) is 10.2 Å². The maximum absolute atomic E-state index is 14.0. The fraction of sp³-hybridized carbons (Fsp3) is 0.345. The van der Waals surface area contributed by atoms with E-state index in [-0.39, 0.29) is 5.41 Å². The third kappa shape index (κ3) is 7.14. The molecule has 0 radical (unpaired) electrons. The Balaban J connectivity index is 1.48. The molecule has 2 N–H and O–H groups in total. The molecular weight excluding hydrogens is 511 g/mol. The van der Waals surface area contributed by atoms with Gasteiger partial charge in [0.2, 0.25) is 0 Å². The lowest BCUT2D eigenvalue weighted by Crippen LogP contribution is -2.58. The number of carbonyl (C=O) groups is 2. The first-order valence-electron chi connectivity index (χ1n) is 12.6. The highest BCUT2D eigenvalue weighted by molar-refractivity contribution is 5.80. The molecule has 2 aromatic carbocycles. The molecule has 1 unspecified atom stereocenters. The van der Waals surface area contributed by atoms with Crippen LogP contribution in [0.25, 0.3) is 0 Å². The predicted molar refractivity (Wildman–Crippen MR) is 140 cm³/mol. The van der Waals surface area contributed by atoms with E-state index in [4.69, 9.17) is 14.9 Å². The standard InChI is InChI=1S/C29H30F3N3O4/c1-20(22-5-3-7-25(14-22)38-24-6-2-4-21(13-24)17-36)12-23(29(30,31)32)15-26(16-33)39-27(37)35-10-8-28(9-11-35)18-34-19-28/h2-7,12-17,20,33-34H,8-11,18-19H2,1H3/b23-12+,26-15+,33-16?. The molecule has 2 fully saturated rings. The highest BCUT2D eigenvalue weighted by Gasteiger charge is 2.41. The minimum absolute atomic E-state index is 0.196.